The van der Waals surface area contributed by atoms with E-state index in [4.69, 9.17) is 10.00 Å². The molecule has 1 saturated heterocycles. The molecule has 4 aliphatic carbocycles. The average molecular weight is 317 g/mol. The monoisotopic (exact) mass is 317 g/mol. The second-order valence-corrected chi connectivity index (χ2v) is 8.09. The van der Waals surface area contributed by atoms with Gasteiger partial charge in [-0.15, -0.1) is 0 Å². The van der Waals surface area contributed by atoms with E-state index >= 15 is 0 Å². The first-order valence-corrected chi connectivity index (χ1v) is 9.18. The summed E-state index contributed by atoms with van der Waals surface area (Å²) in [6.45, 7) is 3.98. The molecule has 5 atom stereocenters. The molecule has 0 spiro atoms. The Morgan fingerprint density at radius 2 is 2.30 bits per heavy atom. The summed E-state index contributed by atoms with van der Waals surface area (Å²) in [5.41, 5.74) is 0.176. The molecule has 23 heavy (non-hydrogen) atoms. The van der Waals surface area contributed by atoms with Gasteiger partial charge in [0.2, 0.25) is 5.91 Å². The highest BCUT2D eigenvalue weighted by atomic mass is 16.5. The van der Waals surface area contributed by atoms with E-state index in [1.165, 1.54) is 19.3 Å². The van der Waals surface area contributed by atoms with Crippen molar-refractivity contribution in [2.75, 3.05) is 19.7 Å². The van der Waals surface area contributed by atoms with E-state index in [1.807, 2.05) is 0 Å². The van der Waals surface area contributed by atoms with Crippen LogP contribution >= 0.6 is 0 Å². The van der Waals surface area contributed by atoms with E-state index < -0.39 is 0 Å². The van der Waals surface area contributed by atoms with Crippen molar-refractivity contribution >= 4 is 5.91 Å². The van der Waals surface area contributed by atoms with Crippen LogP contribution in [0, 0.1) is 23.2 Å². The number of hydrogen-bond donors (Lipinski definition) is 1. The molecule has 0 radical (unpaired) electrons. The first kappa shape index (κ1) is 15.4. The lowest BCUT2D eigenvalue weighted by atomic mass is 9.77. The van der Waals surface area contributed by atoms with Gasteiger partial charge in [-0.25, -0.2) is 0 Å². The molecular weight excluding hydrogens is 290 g/mol. The van der Waals surface area contributed by atoms with Crippen molar-refractivity contribution in [2.45, 2.75) is 69.1 Å². The van der Waals surface area contributed by atoms with Crippen LogP contribution in [0.15, 0.2) is 0 Å². The molecule has 1 amide bonds. The Bertz CT molecular complexity index is 545. The highest BCUT2D eigenvalue weighted by Gasteiger charge is 2.64. The van der Waals surface area contributed by atoms with Crippen LogP contribution in [0.1, 0.15) is 51.9 Å². The van der Waals surface area contributed by atoms with Gasteiger partial charge in [0.25, 0.3) is 0 Å². The van der Waals surface area contributed by atoms with Crippen LogP contribution in [-0.4, -0.2) is 47.7 Å². The van der Waals surface area contributed by atoms with Crippen LogP contribution in [-0.2, 0) is 9.53 Å². The predicted molar refractivity (Wildman–Crippen MR) is 85.5 cm³/mol. The molecular formula is C18H27N3O2. The maximum absolute atomic E-state index is 12.5. The first-order valence-electron chi connectivity index (χ1n) is 9.18. The molecule has 126 valence electrons. The maximum Gasteiger partial charge on any atom is 0.237 e. The van der Waals surface area contributed by atoms with Gasteiger partial charge in [0, 0.05) is 18.7 Å². The van der Waals surface area contributed by atoms with Gasteiger partial charge in [-0.2, -0.15) is 5.26 Å². The van der Waals surface area contributed by atoms with Crippen LogP contribution in [0.25, 0.3) is 0 Å². The van der Waals surface area contributed by atoms with Gasteiger partial charge in [0.1, 0.15) is 6.04 Å². The van der Waals surface area contributed by atoms with Crippen molar-refractivity contribution in [2.24, 2.45) is 11.8 Å². The molecule has 4 bridgehead atoms. The van der Waals surface area contributed by atoms with Crippen molar-refractivity contribution in [3.8, 4) is 6.07 Å². The third-order valence-corrected chi connectivity index (χ3v) is 6.73. The summed E-state index contributed by atoms with van der Waals surface area (Å²) in [4.78, 5) is 14.3. The number of amides is 1. The average Bonchev–Trinajstić information content (AvgIpc) is 3.14. The van der Waals surface area contributed by atoms with E-state index in [1.54, 1.807) is 4.90 Å². The SMILES string of the molecule is CCOC12CC3CC(C1)C(NCC(=O)N1CCC[C@H]1C#N)(C3)C2. The Morgan fingerprint density at radius 1 is 1.43 bits per heavy atom. The van der Waals surface area contributed by atoms with Crippen LogP contribution < -0.4 is 5.32 Å². The molecule has 0 aromatic carbocycles. The lowest BCUT2D eigenvalue weighted by Gasteiger charge is -2.41. The van der Waals surface area contributed by atoms with E-state index in [-0.39, 0.29) is 23.1 Å². The predicted octanol–water partition coefficient (Wildman–Crippen LogP) is 1.83. The second-order valence-electron chi connectivity index (χ2n) is 8.09. The van der Waals surface area contributed by atoms with E-state index in [0.29, 0.717) is 12.5 Å². The Balaban J connectivity index is 1.42. The van der Waals surface area contributed by atoms with E-state index in [0.717, 1.165) is 44.8 Å². The standard InChI is InChI=1S/C18H27N3O2/c1-2-23-17-7-13-6-14(9-17)18(8-13,12-17)20-11-16(22)21-5-3-4-15(21)10-19/h13-15,20H,2-9,11-12H2,1H3/t13?,14?,15-,17?,18?/m0/s1. The quantitative estimate of drug-likeness (QED) is 0.840. The lowest BCUT2D eigenvalue weighted by molar-refractivity contribution is -0.130. The van der Waals surface area contributed by atoms with Crippen molar-refractivity contribution < 1.29 is 9.53 Å². The Labute approximate surface area is 138 Å². The summed E-state index contributed by atoms with van der Waals surface area (Å²) >= 11 is 0. The second kappa shape index (κ2) is 5.46. The molecule has 5 heteroatoms. The number of hydrogen-bond acceptors (Lipinski definition) is 4. The molecule has 5 fully saturated rings. The minimum Gasteiger partial charge on any atom is -0.375 e. The van der Waals surface area contributed by atoms with Gasteiger partial charge >= 0.3 is 0 Å². The number of nitrogens with one attached hydrogen (secondary N) is 1. The fourth-order valence-corrected chi connectivity index (χ4v) is 6.13. The number of rotatable bonds is 5. The summed E-state index contributed by atoms with van der Waals surface area (Å²) in [5, 5.41) is 12.8. The molecule has 1 heterocycles. The number of ether oxygens (including phenoxy) is 1. The van der Waals surface area contributed by atoms with Gasteiger partial charge in [-0.3, -0.25) is 4.79 Å². The molecule has 1 N–H and O–H groups in total. The molecule has 5 rings (SSSR count). The van der Waals surface area contributed by atoms with Crippen molar-refractivity contribution in [3.05, 3.63) is 0 Å². The van der Waals surface area contributed by atoms with Crippen LogP contribution in [0.4, 0.5) is 0 Å². The number of likely N-dealkylation sites (tertiary alicyclic amines) is 1. The minimum absolute atomic E-state index is 0.0689. The highest BCUT2D eigenvalue weighted by molar-refractivity contribution is 5.79. The molecule has 5 aliphatic rings. The van der Waals surface area contributed by atoms with Gasteiger partial charge in [0.15, 0.2) is 0 Å². The zero-order chi connectivity index (χ0) is 16.1. The summed E-state index contributed by atoms with van der Waals surface area (Å²) in [5.74, 6) is 1.52. The zero-order valence-corrected chi connectivity index (χ0v) is 14.0. The van der Waals surface area contributed by atoms with Crippen LogP contribution in [0.3, 0.4) is 0 Å². The summed E-state index contributed by atoms with van der Waals surface area (Å²) in [6, 6.07) is 2.05. The van der Waals surface area contributed by atoms with Crippen molar-refractivity contribution in [3.63, 3.8) is 0 Å². The van der Waals surface area contributed by atoms with Crippen molar-refractivity contribution in [1.82, 2.24) is 10.2 Å². The first-order chi connectivity index (χ1) is 11.1. The smallest absolute Gasteiger partial charge is 0.237 e. The third kappa shape index (κ3) is 2.38. The molecule has 5 nitrogen and oxygen atoms in total. The number of carbonyl (C=O) groups is 1. The number of nitrogens with zero attached hydrogens (tertiary/aromatic N) is 2. The lowest BCUT2D eigenvalue weighted by Crippen LogP contribution is -2.53. The van der Waals surface area contributed by atoms with Gasteiger partial charge in [-0.1, -0.05) is 0 Å². The number of nitriles is 1. The van der Waals surface area contributed by atoms with Gasteiger partial charge < -0.3 is 15.0 Å². The molecule has 4 unspecified atom stereocenters. The topological polar surface area (TPSA) is 65.4 Å². The summed E-state index contributed by atoms with van der Waals surface area (Å²) in [6.07, 6.45) is 7.69. The summed E-state index contributed by atoms with van der Waals surface area (Å²) in [7, 11) is 0. The summed E-state index contributed by atoms with van der Waals surface area (Å²) < 4.78 is 6.15. The maximum atomic E-state index is 12.5. The Hall–Kier alpha value is -1.12. The van der Waals surface area contributed by atoms with Crippen LogP contribution in [0.2, 0.25) is 0 Å². The van der Waals surface area contributed by atoms with Gasteiger partial charge in [0.05, 0.1) is 18.2 Å². The fourth-order valence-electron chi connectivity index (χ4n) is 6.13. The van der Waals surface area contributed by atoms with Gasteiger partial charge in [-0.05, 0) is 63.7 Å². The van der Waals surface area contributed by atoms with Crippen LogP contribution in [0.5, 0.6) is 0 Å². The number of carbonyl (C=O) groups excluding carboxylic acids is 1. The molecule has 0 aromatic heterocycles. The molecule has 1 aliphatic heterocycles. The van der Waals surface area contributed by atoms with Crippen molar-refractivity contribution in [1.29, 1.82) is 5.26 Å². The normalized spacial score (nSPS) is 44.0. The van der Waals surface area contributed by atoms with E-state index in [9.17, 15) is 4.79 Å². The Kier molecular flexibility index (Phi) is 3.66. The zero-order valence-electron chi connectivity index (χ0n) is 14.0. The molecule has 4 saturated carbocycles. The Morgan fingerprint density at radius 3 is 3.09 bits per heavy atom. The third-order valence-electron chi connectivity index (χ3n) is 6.73. The van der Waals surface area contributed by atoms with E-state index in [2.05, 4.69) is 18.3 Å². The fraction of sp³-hybridized carbons (Fsp3) is 0.889. The largest absolute Gasteiger partial charge is 0.375 e. The highest BCUT2D eigenvalue weighted by Crippen LogP contribution is 2.63. The molecule has 0 aromatic rings. The minimum atomic E-state index is -0.215.